The Morgan fingerprint density at radius 1 is 1.24 bits per heavy atom. The average molecular weight is 351 g/mol. The molecule has 1 saturated heterocycles. The molecule has 1 aromatic carbocycles. The van der Waals surface area contributed by atoms with Gasteiger partial charge in [-0.05, 0) is 30.2 Å². The molecule has 0 spiro atoms. The zero-order chi connectivity index (χ0) is 17.4. The van der Waals surface area contributed by atoms with Crippen LogP contribution in [0.15, 0.2) is 42.7 Å². The summed E-state index contributed by atoms with van der Waals surface area (Å²) in [5.41, 5.74) is 2.53. The van der Waals surface area contributed by atoms with Crippen LogP contribution < -0.4 is 4.90 Å². The van der Waals surface area contributed by atoms with E-state index >= 15 is 0 Å². The van der Waals surface area contributed by atoms with Crippen LogP contribution in [-0.2, 0) is 9.59 Å². The molecule has 1 fully saturated rings. The van der Waals surface area contributed by atoms with Crippen LogP contribution >= 0.6 is 11.8 Å². The SMILES string of the molecule is CC(=O)SCC1CC(=O)N(c2cc3cccnc3c3ncccc23)C1. The van der Waals surface area contributed by atoms with Gasteiger partial charge < -0.3 is 4.90 Å². The standard InChI is InChI=1S/C19H17N3O2S/c1-12(23)25-11-13-8-17(24)22(10-13)16-9-14-4-2-6-20-18(14)19-15(16)5-3-7-21-19/h2-7,9,13H,8,10-11H2,1H3. The first-order valence-corrected chi connectivity index (χ1v) is 9.18. The maximum absolute atomic E-state index is 12.6. The monoisotopic (exact) mass is 351 g/mol. The molecule has 0 N–H and O–H groups in total. The predicted molar refractivity (Wildman–Crippen MR) is 101 cm³/mol. The molecule has 0 aliphatic carbocycles. The highest BCUT2D eigenvalue weighted by molar-refractivity contribution is 8.13. The third-order valence-corrected chi connectivity index (χ3v) is 5.50. The summed E-state index contributed by atoms with van der Waals surface area (Å²) in [6, 6.07) is 9.76. The molecule has 0 saturated carbocycles. The van der Waals surface area contributed by atoms with Gasteiger partial charge in [0, 0.05) is 48.8 Å². The first-order valence-electron chi connectivity index (χ1n) is 8.19. The van der Waals surface area contributed by atoms with E-state index in [-0.39, 0.29) is 16.9 Å². The Kier molecular flexibility index (Phi) is 4.13. The zero-order valence-electron chi connectivity index (χ0n) is 13.8. The molecule has 1 atom stereocenters. The summed E-state index contributed by atoms with van der Waals surface area (Å²) in [7, 11) is 0. The Morgan fingerprint density at radius 3 is 2.80 bits per heavy atom. The number of rotatable bonds is 3. The van der Waals surface area contributed by atoms with Crippen molar-refractivity contribution >= 4 is 50.3 Å². The minimum Gasteiger partial charge on any atom is -0.311 e. The van der Waals surface area contributed by atoms with Gasteiger partial charge in [0.15, 0.2) is 5.12 Å². The number of carbonyl (C=O) groups excluding carboxylic acids is 2. The Labute approximate surface area is 149 Å². The van der Waals surface area contributed by atoms with E-state index in [1.165, 1.54) is 11.8 Å². The number of thioether (sulfide) groups is 1. The van der Waals surface area contributed by atoms with Crippen LogP contribution in [0.5, 0.6) is 0 Å². The summed E-state index contributed by atoms with van der Waals surface area (Å²) >= 11 is 1.29. The van der Waals surface area contributed by atoms with Crippen LogP contribution in [0.4, 0.5) is 5.69 Å². The maximum atomic E-state index is 12.6. The van der Waals surface area contributed by atoms with Gasteiger partial charge in [-0.2, -0.15) is 0 Å². The minimum absolute atomic E-state index is 0.0947. The lowest BCUT2D eigenvalue weighted by Gasteiger charge is -2.19. The predicted octanol–water partition coefficient (Wildman–Crippen LogP) is 3.42. The van der Waals surface area contributed by atoms with E-state index in [0.717, 1.165) is 27.5 Å². The largest absolute Gasteiger partial charge is 0.311 e. The Hall–Kier alpha value is -2.47. The van der Waals surface area contributed by atoms with Crippen molar-refractivity contribution in [2.45, 2.75) is 13.3 Å². The van der Waals surface area contributed by atoms with Gasteiger partial charge in [-0.15, -0.1) is 0 Å². The van der Waals surface area contributed by atoms with Crippen LogP contribution in [0, 0.1) is 5.92 Å². The Balaban J connectivity index is 1.78. The molecule has 25 heavy (non-hydrogen) atoms. The summed E-state index contributed by atoms with van der Waals surface area (Å²) < 4.78 is 0. The molecule has 1 amide bonds. The van der Waals surface area contributed by atoms with Crippen molar-refractivity contribution in [3.63, 3.8) is 0 Å². The Morgan fingerprint density at radius 2 is 2.00 bits per heavy atom. The van der Waals surface area contributed by atoms with Gasteiger partial charge in [0.25, 0.3) is 0 Å². The fourth-order valence-electron chi connectivity index (χ4n) is 3.34. The number of carbonyl (C=O) groups is 2. The van der Waals surface area contributed by atoms with Gasteiger partial charge in [-0.3, -0.25) is 19.6 Å². The molecule has 1 unspecified atom stereocenters. The molecular weight excluding hydrogens is 334 g/mol. The maximum Gasteiger partial charge on any atom is 0.227 e. The van der Waals surface area contributed by atoms with Crippen molar-refractivity contribution in [2.24, 2.45) is 5.92 Å². The average Bonchev–Trinajstić information content (AvgIpc) is 3.00. The van der Waals surface area contributed by atoms with Gasteiger partial charge in [0.2, 0.25) is 5.91 Å². The number of pyridine rings is 2. The summed E-state index contributed by atoms with van der Waals surface area (Å²) in [6.07, 6.45) is 3.98. The molecule has 1 aliphatic rings. The number of fused-ring (bicyclic) bond motifs is 3. The number of nitrogens with zero attached hydrogens (tertiary/aromatic N) is 3. The van der Waals surface area contributed by atoms with E-state index in [4.69, 9.17) is 0 Å². The number of hydrogen-bond acceptors (Lipinski definition) is 5. The third-order valence-electron chi connectivity index (χ3n) is 4.46. The molecular formula is C19H17N3O2S. The fourth-order valence-corrected chi connectivity index (χ4v) is 4.04. The quantitative estimate of drug-likeness (QED) is 0.677. The highest BCUT2D eigenvalue weighted by Gasteiger charge is 2.32. The normalized spacial score (nSPS) is 17.6. The molecule has 1 aliphatic heterocycles. The van der Waals surface area contributed by atoms with E-state index in [2.05, 4.69) is 9.97 Å². The Bertz CT molecular complexity index is 989. The summed E-state index contributed by atoms with van der Waals surface area (Å²) in [6.45, 7) is 2.20. The van der Waals surface area contributed by atoms with Crippen molar-refractivity contribution in [2.75, 3.05) is 17.2 Å². The van der Waals surface area contributed by atoms with E-state index in [0.29, 0.717) is 18.7 Å². The van der Waals surface area contributed by atoms with E-state index in [9.17, 15) is 9.59 Å². The lowest BCUT2D eigenvalue weighted by Crippen LogP contribution is -2.25. The van der Waals surface area contributed by atoms with Crippen molar-refractivity contribution in [3.8, 4) is 0 Å². The van der Waals surface area contributed by atoms with Gasteiger partial charge >= 0.3 is 0 Å². The number of amides is 1. The first kappa shape index (κ1) is 16.0. The number of benzene rings is 1. The smallest absolute Gasteiger partial charge is 0.227 e. The molecule has 0 radical (unpaired) electrons. The van der Waals surface area contributed by atoms with Crippen LogP contribution in [0.3, 0.4) is 0 Å². The third kappa shape index (κ3) is 2.98. The van der Waals surface area contributed by atoms with Crippen LogP contribution in [0.1, 0.15) is 13.3 Å². The molecule has 0 bridgehead atoms. The zero-order valence-corrected chi connectivity index (χ0v) is 14.6. The summed E-state index contributed by atoms with van der Waals surface area (Å²) in [5.74, 6) is 0.975. The molecule has 126 valence electrons. The van der Waals surface area contributed by atoms with Crippen LogP contribution in [-0.4, -0.2) is 33.3 Å². The highest BCUT2D eigenvalue weighted by atomic mass is 32.2. The number of aromatic nitrogens is 2. The number of anilines is 1. The second kappa shape index (κ2) is 6.44. The molecule has 3 aromatic rings. The van der Waals surface area contributed by atoms with Crippen molar-refractivity contribution in [3.05, 3.63) is 42.7 Å². The summed E-state index contributed by atoms with van der Waals surface area (Å²) in [4.78, 5) is 34.6. The summed E-state index contributed by atoms with van der Waals surface area (Å²) in [5, 5.41) is 2.00. The van der Waals surface area contributed by atoms with Crippen molar-refractivity contribution in [1.29, 1.82) is 0 Å². The lowest BCUT2D eigenvalue weighted by atomic mass is 10.1. The van der Waals surface area contributed by atoms with Gasteiger partial charge in [-0.25, -0.2) is 0 Å². The van der Waals surface area contributed by atoms with Gasteiger partial charge in [-0.1, -0.05) is 17.8 Å². The second-order valence-electron chi connectivity index (χ2n) is 6.25. The molecule has 5 nitrogen and oxygen atoms in total. The lowest BCUT2D eigenvalue weighted by molar-refractivity contribution is -0.117. The van der Waals surface area contributed by atoms with Gasteiger partial charge in [0.05, 0.1) is 16.7 Å². The second-order valence-corrected chi connectivity index (χ2v) is 7.44. The molecule has 6 heteroatoms. The highest BCUT2D eigenvalue weighted by Crippen LogP contribution is 2.35. The molecule has 3 heterocycles. The van der Waals surface area contributed by atoms with E-state index in [1.54, 1.807) is 19.3 Å². The minimum atomic E-state index is 0.0947. The van der Waals surface area contributed by atoms with E-state index < -0.39 is 0 Å². The van der Waals surface area contributed by atoms with Crippen LogP contribution in [0.2, 0.25) is 0 Å². The number of hydrogen-bond donors (Lipinski definition) is 0. The van der Waals surface area contributed by atoms with E-state index in [1.807, 2.05) is 35.2 Å². The fraction of sp³-hybridized carbons (Fsp3) is 0.263. The van der Waals surface area contributed by atoms with Crippen LogP contribution in [0.25, 0.3) is 21.8 Å². The van der Waals surface area contributed by atoms with Crippen molar-refractivity contribution in [1.82, 2.24) is 9.97 Å². The van der Waals surface area contributed by atoms with Crippen molar-refractivity contribution < 1.29 is 9.59 Å². The topological polar surface area (TPSA) is 63.2 Å². The first-order chi connectivity index (χ1) is 12.1. The molecule has 2 aromatic heterocycles. The molecule has 4 rings (SSSR count). The van der Waals surface area contributed by atoms with Gasteiger partial charge in [0.1, 0.15) is 0 Å².